The minimum atomic E-state index is -0.447. The first-order valence-electron chi connectivity index (χ1n) is 6.18. The largest absolute Gasteiger partial charge is 0.342 e. The lowest BCUT2D eigenvalue weighted by molar-refractivity contribution is -0.124. The van der Waals surface area contributed by atoms with Gasteiger partial charge in [0.25, 0.3) is 5.91 Å². The number of ketones is 1. The van der Waals surface area contributed by atoms with Gasteiger partial charge < -0.3 is 5.32 Å². The second kappa shape index (κ2) is 6.28. The minimum Gasteiger partial charge on any atom is -0.342 e. The summed E-state index contributed by atoms with van der Waals surface area (Å²) < 4.78 is 0. The molecule has 4 heteroatoms. The molecule has 0 bridgehead atoms. The van der Waals surface area contributed by atoms with Gasteiger partial charge in [-0.3, -0.25) is 14.6 Å². The van der Waals surface area contributed by atoms with Crippen LogP contribution in [-0.4, -0.2) is 22.7 Å². The summed E-state index contributed by atoms with van der Waals surface area (Å²) in [6, 6.07) is 2.93. The second-order valence-corrected chi connectivity index (χ2v) is 4.99. The molecular weight excluding hydrogens is 228 g/mol. The Morgan fingerprint density at radius 2 is 1.89 bits per heavy atom. The number of carbonyl (C=O) groups is 2. The zero-order valence-electron chi connectivity index (χ0n) is 11.3. The van der Waals surface area contributed by atoms with Crippen LogP contribution in [0.25, 0.3) is 0 Å². The average molecular weight is 248 g/mol. The standard InChI is InChI=1S/C14H20N2O2/c1-9(2)12(13(17)10(3)4)16-14(18)11-6-5-7-15-8-11/h5-10,12H,1-4H3,(H,16,18)/t12-/m0/s1. The van der Waals surface area contributed by atoms with E-state index in [1.54, 1.807) is 18.3 Å². The lowest BCUT2D eigenvalue weighted by Gasteiger charge is -2.22. The summed E-state index contributed by atoms with van der Waals surface area (Å²) in [5, 5.41) is 2.79. The summed E-state index contributed by atoms with van der Waals surface area (Å²) >= 11 is 0. The van der Waals surface area contributed by atoms with Crippen LogP contribution >= 0.6 is 0 Å². The molecule has 0 aliphatic rings. The molecule has 0 aliphatic heterocycles. The Labute approximate surface area is 108 Å². The maximum absolute atomic E-state index is 12.0. The van der Waals surface area contributed by atoms with Gasteiger partial charge >= 0.3 is 0 Å². The highest BCUT2D eigenvalue weighted by Gasteiger charge is 2.26. The van der Waals surface area contributed by atoms with Crippen LogP contribution in [0.5, 0.6) is 0 Å². The molecule has 0 saturated heterocycles. The monoisotopic (exact) mass is 248 g/mol. The molecule has 1 amide bonds. The third-order valence-electron chi connectivity index (χ3n) is 2.75. The van der Waals surface area contributed by atoms with Gasteiger partial charge in [-0.1, -0.05) is 27.7 Å². The number of carbonyl (C=O) groups excluding carboxylic acids is 2. The summed E-state index contributed by atoms with van der Waals surface area (Å²) in [6.45, 7) is 7.53. The SMILES string of the molecule is CC(C)C(=O)[C@@H](NC(=O)c1cccnc1)C(C)C. The fourth-order valence-electron chi connectivity index (χ4n) is 1.65. The number of nitrogens with zero attached hydrogens (tertiary/aromatic N) is 1. The molecule has 4 nitrogen and oxygen atoms in total. The first kappa shape index (κ1) is 14.4. The van der Waals surface area contributed by atoms with Gasteiger partial charge in [0, 0.05) is 18.3 Å². The lowest BCUT2D eigenvalue weighted by Crippen LogP contribution is -2.46. The van der Waals surface area contributed by atoms with Crippen molar-refractivity contribution in [2.75, 3.05) is 0 Å². The Balaban J connectivity index is 2.79. The maximum atomic E-state index is 12.0. The fraction of sp³-hybridized carbons (Fsp3) is 0.500. The topological polar surface area (TPSA) is 59.1 Å². The number of rotatable bonds is 5. The number of pyridine rings is 1. The van der Waals surface area contributed by atoms with Gasteiger partial charge in [-0.25, -0.2) is 0 Å². The number of nitrogens with one attached hydrogen (secondary N) is 1. The van der Waals surface area contributed by atoms with Crippen molar-refractivity contribution in [1.82, 2.24) is 10.3 Å². The Bertz CT molecular complexity index is 413. The van der Waals surface area contributed by atoms with Crippen LogP contribution in [0.3, 0.4) is 0 Å². The van der Waals surface area contributed by atoms with E-state index in [4.69, 9.17) is 0 Å². The Hall–Kier alpha value is -1.71. The molecule has 0 aliphatic carbocycles. The summed E-state index contributed by atoms with van der Waals surface area (Å²) in [5.74, 6) is -0.217. The number of aromatic nitrogens is 1. The first-order chi connectivity index (χ1) is 8.43. The smallest absolute Gasteiger partial charge is 0.253 e. The maximum Gasteiger partial charge on any atom is 0.253 e. The lowest BCUT2D eigenvalue weighted by atomic mass is 9.93. The quantitative estimate of drug-likeness (QED) is 0.867. The summed E-state index contributed by atoms with van der Waals surface area (Å²) in [5.41, 5.74) is 0.472. The molecule has 0 spiro atoms. The third-order valence-corrected chi connectivity index (χ3v) is 2.75. The van der Waals surface area contributed by atoms with Crippen LogP contribution < -0.4 is 5.32 Å². The summed E-state index contributed by atoms with van der Waals surface area (Å²) in [4.78, 5) is 27.9. The first-order valence-corrected chi connectivity index (χ1v) is 6.18. The number of Topliss-reactive ketones (excluding diaryl/α,β-unsaturated/α-hetero) is 1. The molecule has 0 saturated carbocycles. The van der Waals surface area contributed by atoms with Crippen molar-refractivity contribution in [3.63, 3.8) is 0 Å². The molecular formula is C14H20N2O2. The highest BCUT2D eigenvalue weighted by molar-refractivity contribution is 5.98. The minimum absolute atomic E-state index is 0.0576. The van der Waals surface area contributed by atoms with Crippen molar-refractivity contribution in [2.24, 2.45) is 11.8 Å². The number of hydrogen-bond acceptors (Lipinski definition) is 3. The molecule has 1 aromatic heterocycles. The number of hydrogen-bond donors (Lipinski definition) is 1. The molecule has 1 aromatic rings. The van der Waals surface area contributed by atoms with E-state index in [2.05, 4.69) is 10.3 Å². The average Bonchev–Trinajstić information content (AvgIpc) is 2.35. The zero-order valence-corrected chi connectivity index (χ0v) is 11.3. The molecule has 98 valence electrons. The summed E-state index contributed by atoms with van der Waals surface area (Å²) in [7, 11) is 0. The van der Waals surface area contributed by atoms with Crippen molar-refractivity contribution >= 4 is 11.7 Å². The molecule has 0 fully saturated rings. The van der Waals surface area contributed by atoms with Crippen molar-refractivity contribution < 1.29 is 9.59 Å². The summed E-state index contributed by atoms with van der Waals surface area (Å²) in [6.07, 6.45) is 3.10. The van der Waals surface area contributed by atoms with E-state index in [0.29, 0.717) is 5.56 Å². The Morgan fingerprint density at radius 1 is 1.22 bits per heavy atom. The predicted octanol–water partition coefficient (Wildman–Crippen LogP) is 2.06. The van der Waals surface area contributed by atoms with Crippen LogP contribution in [0.2, 0.25) is 0 Å². The molecule has 0 aromatic carbocycles. The van der Waals surface area contributed by atoms with Gasteiger partial charge in [0.2, 0.25) is 0 Å². The van der Waals surface area contributed by atoms with E-state index >= 15 is 0 Å². The van der Waals surface area contributed by atoms with Crippen LogP contribution in [0, 0.1) is 11.8 Å². The van der Waals surface area contributed by atoms with Gasteiger partial charge in [-0.05, 0) is 18.1 Å². The van der Waals surface area contributed by atoms with Gasteiger partial charge in [-0.15, -0.1) is 0 Å². The van der Waals surface area contributed by atoms with Gasteiger partial charge in [0.05, 0.1) is 11.6 Å². The van der Waals surface area contributed by atoms with Crippen molar-refractivity contribution in [3.05, 3.63) is 30.1 Å². The van der Waals surface area contributed by atoms with Crippen molar-refractivity contribution in [2.45, 2.75) is 33.7 Å². The van der Waals surface area contributed by atoms with E-state index in [-0.39, 0.29) is 23.5 Å². The third kappa shape index (κ3) is 3.65. The van der Waals surface area contributed by atoms with E-state index < -0.39 is 6.04 Å². The van der Waals surface area contributed by atoms with Crippen LogP contribution in [0.4, 0.5) is 0 Å². The Morgan fingerprint density at radius 3 is 2.33 bits per heavy atom. The van der Waals surface area contributed by atoms with E-state index in [0.717, 1.165) is 0 Å². The molecule has 1 atom stereocenters. The van der Waals surface area contributed by atoms with Crippen molar-refractivity contribution in [1.29, 1.82) is 0 Å². The van der Waals surface area contributed by atoms with E-state index in [1.807, 2.05) is 27.7 Å². The highest BCUT2D eigenvalue weighted by atomic mass is 16.2. The highest BCUT2D eigenvalue weighted by Crippen LogP contribution is 2.10. The fourth-order valence-corrected chi connectivity index (χ4v) is 1.65. The van der Waals surface area contributed by atoms with E-state index in [1.165, 1.54) is 6.20 Å². The molecule has 18 heavy (non-hydrogen) atoms. The van der Waals surface area contributed by atoms with Gasteiger partial charge in [-0.2, -0.15) is 0 Å². The van der Waals surface area contributed by atoms with Gasteiger partial charge in [0.15, 0.2) is 5.78 Å². The van der Waals surface area contributed by atoms with Crippen LogP contribution in [0.1, 0.15) is 38.1 Å². The second-order valence-electron chi connectivity index (χ2n) is 4.99. The van der Waals surface area contributed by atoms with Crippen LogP contribution in [0.15, 0.2) is 24.5 Å². The van der Waals surface area contributed by atoms with Crippen molar-refractivity contribution in [3.8, 4) is 0 Å². The normalized spacial score (nSPS) is 12.6. The predicted molar refractivity (Wildman–Crippen MR) is 70.2 cm³/mol. The molecule has 0 unspecified atom stereocenters. The van der Waals surface area contributed by atoms with Gasteiger partial charge in [0.1, 0.15) is 0 Å². The van der Waals surface area contributed by atoms with E-state index in [9.17, 15) is 9.59 Å². The number of amides is 1. The molecule has 1 rings (SSSR count). The van der Waals surface area contributed by atoms with Crippen LogP contribution in [-0.2, 0) is 4.79 Å². The molecule has 1 heterocycles. The Kier molecular flexibility index (Phi) is 5.01. The zero-order chi connectivity index (χ0) is 13.7. The molecule has 0 radical (unpaired) electrons. The molecule has 1 N–H and O–H groups in total.